The Kier molecular flexibility index (Phi) is 8.34. The van der Waals surface area contributed by atoms with E-state index in [0.29, 0.717) is 40.7 Å². The lowest BCUT2D eigenvalue weighted by Gasteiger charge is -2.06. The predicted molar refractivity (Wildman–Crippen MR) is 126 cm³/mol. The molecule has 0 aromatic heterocycles. The molecule has 0 saturated heterocycles. The summed E-state index contributed by atoms with van der Waals surface area (Å²) in [6.45, 7) is 2.42. The maximum absolute atomic E-state index is 12.3. The van der Waals surface area contributed by atoms with Crippen LogP contribution in [0.2, 0.25) is 0 Å². The summed E-state index contributed by atoms with van der Waals surface area (Å²) < 4.78 is 15.8. The second-order valence-electron chi connectivity index (χ2n) is 6.80. The van der Waals surface area contributed by atoms with Crippen LogP contribution in [0, 0.1) is 0 Å². The highest BCUT2D eigenvalue weighted by molar-refractivity contribution is 6.39. The number of ether oxygens (including phenoxy) is 3. The molecule has 0 saturated carbocycles. The second kappa shape index (κ2) is 11.8. The fraction of sp³-hybridized carbons (Fsp3) is 0.120. The van der Waals surface area contributed by atoms with E-state index in [0.717, 1.165) is 0 Å². The van der Waals surface area contributed by atoms with E-state index in [2.05, 4.69) is 15.8 Å². The summed E-state index contributed by atoms with van der Waals surface area (Å²) in [7, 11) is 1.50. The van der Waals surface area contributed by atoms with Crippen LogP contribution in [0.3, 0.4) is 0 Å². The van der Waals surface area contributed by atoms with Crippen molar-refractivity contribution in [2.24, 2.45) is 5.10 Å². The van der Waals surface area contributed by atoms with Gasteiger partial charge in [-0.05, 0) is 73.2 Å². The summed E-state index contributed by atoms with van der Waals surface area (Å²) in [5, 5.41) is 6.22. The Morgan fingerprint density at radius 1 is 0.882 bits per heavy atom. The summed E-state index contributed by atoms with van der Waals surface area (Å²) in [4.78, 5) is 36.2. The zero-order valence-corrected chi connectivity index (χ0v) is 18.6. The first-order valence-corrected chi connectivity index (χ1v) is 10.3. The number of hydrogen-bond acceptors (Lipinski definition) is 7. The van der Waals surface area contributed by atoms with E-state index in [4.69, 9.17) is 14.2 Å². The highest BCUT2D eigenvalue weighted by atomic mass is 16.5. The van der Waals surface area contributed by atoms with Crippen LogP contribution in [0.4, 0.5) is 5.69 Å². The molecule has 2 amide bonds. The van der Waals surface area contributed by atoms with E-state index < -0.39 is 17.8 Å². The van der Waals surface area contributed by atoms with Gasteiger partial charge in [0, 0.05) is 11.8 Å². The van der Waals surface area contributed by atoms with E-state index in [1.165, 1.54) is 13.3 Å². The van der Waals surface area contributed by atoms with Gasteiger partial charge in [0.15, 0.2) is 0 Å². The molecule has 3 aromatic carbocycles. The van der Waals surface area contributed by atoms with Crippen LogP contribution in [0.15, 0.2) is 77.9 Å². The van der Waals surface area contributed by atoms with Gasteiger partial charge in [-0.3, -0.25) is 9.59 Å². The number of nitrogens with one attached hydrogen (secondary N) is 2. The van der Waals surface area contributed by atoms with Gasteiger partial charge in [0.2, 0.25) is 0 Å². The number of benzene rings is 3. The van der Waals surface area contributed by atoms with E-state index in [9.17, 15) is 14.4 Å². The van der Waals surface area contributed by atoms with Crippen molar-refractivity contribution in [3.63, 3.8) is 0 Å². The average Bonchev–Trinajstić information content (AvgIpc) is 2.85. The minimum atomic E-state index is -0.931. The molecule has 0 radical (unpaired) electrons. The van der Waals surface area contributed by atoms with Gasteiger partial charge in [-0.25, -0.2) is 10.2 Å². The molecule has 0 fully saturated rings. The highest BCUT2D eigenvalue weighted by Crippen LogP contribution is 2.17. The number of carbonyl (C=O) groups excluding carboxylic acids is 3. The van der Waals surface area contributed by atoms with Crippen LogP contribution < -0.4 is 25.0 Å². The third-order valence-corrected chi connectivity index (χ3v) is 4.41. The van der Waals surface area contributed by atoms with Crippen molar-refractivity contribution in [2.75, 3.05) is 19.0 Å². The van der Waals surface area contributed by atoms with Gasteiger partial charge in [-0.1, -0.05) is 6.07 Å². The first-order valence-electron chi connectivity index (χ1n) is 10.3. The van der Waals surface area contributed by atoms with Crippen molar-refractivity contribution in [2.45, 2.75) is 6.92 Å². The van der Waals surface area contributed by atoms with Gasteiger partial charge in [-0.15, -0.1) is 0 Å². The van der Waals surface area contributed by atoms with Crippen LogP contribution in [-0.2, 0) is 9.59 Å². The maximum Gasteiger partial charge on any atom is 0.343 e. The molecule has 0 atom stereocenters. The lowest BCUT2D eigenvalue weighted by Crippen LogP contribution is -2.32. The molecule has 0 spiro atoms. The molecule has 3 rings (SSSR count). The molecule has 9 nitrogen and oxygen atoms in total. The highest BCUT2D eigenvalue weighted by Gasteiger charge is 2.13. The number of nitrogens with zero attached hydrogens (tertiary/aromatic N) is 1. The third kappa shape index (κ3) is 6.92. The zero-order chi connectivity index (χ0) is 24.3. The Balaban J connectivity index is 1.49. The molecule has 9 heteroatoms. The van der Waals surface area contributed by atoms with E-state index in [1.807, 2.05) is 6.92 Å². The Morgan fingerprint density at radius 2 is 1.59 bits per heavy atom. The van der Waals surface area contributed by atoms with Gasteiger partial charge >= 0.3 is 17.8 Å². The van der Waals surface area contributed by atoms with Crippen LogP contribution in [0.5, 0.6) is 17.2 Å². The molecular formula is C25H23N3O6. The fourth-order valence-corrected chi connectivity index (χ4v) is 2.75. The monoisotopic (exact) mass is 461 g/mol. The summed E-state index contributed by atoms with van der Waals surface area (Å²) >= 11 is 0. The number of esters is 1. The normalized spacial score (nSPS) is 10.4. The maximum atomic E-state index is 12.3. The Hall–Kier alpha value is -4.66. The van der Waals surface area contributed by atoms with Gasteiger partial charge in [0.1, 0.15) is 17.2 Å². The van der Waals surface area contributed by atoms with Crippen LogP contribution >= 0.6 is 0 Å². The number of anilines is 1. The summed E-state index contributed by atoms with van der Waals surface area (Å²) in [5.74, 6) is -0.740. The van der Waals surface area contributed by atoms with Crippen molar-refractivity contribution in [3.8, 4) is 17.2 Å². The molecule has 0 aliphatic rings. The molecule has 34 heavy (non-hydrogen) atoms. The summed E-state index contributed by atoms with van der Waals surface area (Å²) in [6.07, 6.45) is 1.36. The molecule has 0 bridgehead atoms. The summed E-state index contributed by atoms with van der Waals surface area (Å²) in [5.41, 5.74) is 3.58. The SMILES string of the molecule is CCOc1ccc(C(=O)Oc2ccc(/C=N\NC(=O)C(=O)Nc3cccc(OC)c3)cc2)cc1. The lowest BCUT2D eigenvalue weighted by atomic mass is 10.2. The van der Waals surface area contributed by atoms with Crippen molar-refractivity contribution < 1.29 is 28.6 Å². The molecule has 0 heterocycles. The largest absolute Gasteiger partial charge is 0.497 e. The van der Waals surface area contributed by atoms with E-state index >= 15 is 0 Å². The van der Waals surface area contributed by atoms with E-state index in [1.54, 1.807) is 72.8 Å². The van der Waals surface area contributed by atoms with Crippen LogP contribution in [0.1, 0.15) is 22.8 Å². The smallest absolute Gasteiger partial charge is 0.343 e. The zero-order valence-electron chi connectivity index (χ0n) is 18.6. The van der Waals surface area contributed by atoms with Gasteiger partial charge < -0.3 is 19.5 Å². The van der Waals surface area contributed by atoms with Crippen LogP contribution in [0.25, 0.3) is 0 Å². The number of rotatable bonds is 8. The first kappa shape index (κ1) is 24.0. The number of hydrazone groups is 1. The first-order chi connectivity index (χ1) is 16.5. The minimum absolute atomic E-state index is 0.345. The molecule has 0 aliphatic heterocycles. The van der Waals surface area contributed by atoms with Crippen molar-refractivity contribution in [3.05, 3.63) is 83.9 Å². The lowest BCUT2D eigenvalue weighted by molar-refractivity contribution is -0.136. The van der Waals surface area contributed by atoms with Crippen LogP contribution in [-0.4, -0.2) is 37.7 Å². The standard InChI is InChI=1S/C25H23N3O6/c1-3-33-20-13-9-18(10-14-20)25(31)34-21-11-7-17(8-12-21)16-26-28-24(30)23(29)27-19-5-4-6-22(15-19)32-2/h4-16H,3H2,1-2H3,(H,27,29)(H,28,30)/b26-16-. The van der Waals surface area contributed by atoms with Gasteiger partial charge in [0.05, 0.1) is 25.5 Å². The molecule has 3 aromatic rings. The topological polar surface area (TPSA) is 115 Å². The fourth-order valence-electron chi connectivity index (χ4n) is 2.75. The molecule has 0 aliphatic carbocycles. The van der Waals surface area contributed by atoms with Crippen molar-refractivity contribution >= 4 is 29.7 Å². The Labute approximate surface area is 196 Å². The number of methoxy groups -OCH3 is 1. The number of carbonyl (C=O) groups is 3. The van der Waals surface area contributed by atoms with Crippen molar-refractivity contribution in [1.82, 2.24) is 5.43 Å². The predicted octanol–water partition coefficient (Wildman–Crippen LogP) is 3.40. The Bertz CT molecular complexity index is 1170. The number of hydrogen-bond donors (Lipinski definition) is 2. The van der Waals surface area contributed by atoms with Crippen molar-refractivity contribution in [1.29, 1.82) is 0 Å². The average molecular weight is 461 g/mol. The molecule has 174 valence electrons. The quantitative estimate of drug-likeness (QED) is 0.175. The number of amides is 2. The molecular weight excluding hydrogens is 438 g/mol. The Morgan fingerprint density at radius 3 is 2.26 bits per heavy atom. The van der Waals surface area contributed by atoms with E-state index in [-0.39, 0.29) is 0 Å². The third-order valence-electron chi connectivity index (χ3n) is 4.41. The second-order valence-corrected chi connectivity index (χ2v) is 6.80. The van der Waals surface area contributed by atoms with Gasteiger partial charge in [0.25, 0.3) is 0 Å². The molecule has 0 unspecified atom stereocenters. The molecule has 2 N–H and O–H groups in total. The minimum Gasteiger partial charge on any atom is -0.497 e. The van der Waals surface area contributed by atoms with Gasteiger partial charge in [-0.2, -0.15) is 5.10 Å². The summed E-state index contributed by atoms with van der Waals surface area (Å²) in [6, 6.07) is 19.7.